The number of hydrogen-bond donors (Lipinski definition) is 0. The number of aryl methyl sites for hydroxylation is 1. The second kappa shape index (κ2) is 13.8. The molecule has 1 saturated heterocycles. The molecule has 2 heterocycles. The number of amides is 2. The average Bonchev–Trinajstić information content (AvgIpc) is 3.47. The molecule has 0 N–H and O–H groups in total. The minimum atomic E-state index is -0.520. The first-order chi connectivity index (χ1) is 19.3. The highest BCUT2D eigenvalue weighted by Gasteiger charge is 2.25. The van der Waals surface area contributed by atoms with Crippen LogP contribution in [0.15, 0.2) is 65.3 Å². The van der Waals surface area contributed by atoms with E-state index in [9.17, 15) is 24.1 Å². The minimum Gasteiger partial charge on any atom is -0.467 e. The van der Waals surface area contributed by atoms with Gasteiger partial charge < -0.3 is 19.0 Å². The van der Waals surface area contributed by atoms with E-state index in [-0.39, 0.29) is 49.2 Å². The molecule has 0 aliphatic carbocycles. The van der Waals surface area contributed by atoms with E-state index < -0.39 is 10.8 Å². The van der Waals surface area contributed by atoms with Gasteiger partial charge in [-0.1, -0.05) is 18.2 Å². The zero-order valence-electron chi connectivity index (χ0n) is 22.5. The smallest absolute Gasteiger partial charge is 0.273 e. The normalized spacial score (nSPS) is 13.7. The van der Waals surface area contributed by atoms with E-state index in [0.29, 0.717) is 31.0 Å². The monoisotopic (exact) mass is 552 g/mol. The lowest BCUT2D eigenvalue weighted by Gasteiger charge is -2.30. The summed E-state index contributed by atoms with van der Waals surface area (Å²) in [7, 11) is 0. The summed E-state index contributed by atoms with van der Waals surface area (Å²) in [4.78, 5) is 43.5. The molecule has 0 saturated carbocycles. The van der Waals surface area contributed by atoms with Crippen molar-refractivity contribution in [3.05, 3.63) is 99.2 Å². The number of carbonyl (C=O) groups is 2. The van der Waals surface area contributed by atoms with Crippen molar-refractivity contribution in [3.8, 4) is 0 Å². The zero-order valence-corrected chi connectivity index (χ0v) is 22.5. The van der Waals surface area contributed by atoms with E-state index in [1.165, 1.54) is 35.4 Å². The highest BCUT2D eigenvalue weighted by Crippen LogP contribution is 2.21. The highest BCUT2D eigenvalue weighted by molar-refractivity contribution is 5.97. The van der Waals surface area contributed by atoms with E-state index in [4.69, 9.17) is 9.15 Å². The number of nitro benzene ring substituents is 1. The van der Waals surface area contributed by atoms with Gasteiger partial charge in [-0.15, -0.1) is 0 Å². The van der Waals surface area contributed by atoms with Gasteiger partial charge in [0.2, 0.25) is 5.91 Å². The molecule has 10 nitrogen and oxygen atoms in total. The summed E-state index contributed by atoms with van der Waals surface area (Å²) in [6.45, 7) is 5.63. The summed E-state index contributed by atoms with van der Waals surface area (Å²) in [5.41, 5.74) is 1.16. The molecule has 0 spiro atoms. The van der Waals surface area contributed by atoms with Gasteiger partial charge in [0.15, 0.2) is 0 Å². The van der Waals surface area contributed by atoms with Crippen molar-refractivity contribution in [2.24, 2.45) is 0 Å². The molecule has 0 unspecified atom stereocenters. The van der Waals surface area contributed by atoms with E-state index in [0.717, 1.165) is 25.2 Å². The number of carbonyl (C=O) groups excluding carboxylic acids is 2. The molecule has 1 aromatic heterocycles. The van der Waals surface area contributed by atoms with Crippen LogP contribution >= 0.6 is 0 Å². The molecule has 0 radical (unpaired) electrons. The Balaban J connectivity index is 1.54. The maximum Gasteiger partial charge on any atom is 0.273 e. The molecular weight excluding hydrogens is 519 g/mol. The molecule has 1 aliphatic heterocycles. The van der Waals surface area contributed by atoms with E-state index in [1.807, 2.05) is 0 Å². The van der Waals surface area contributed by atoms with Gasteiger partial charge in [-0.05, 0) is 49.2 Å². The lowest BCUT2D eigenvalue weighted by atomic mass is 10.1. The Bertz CT molecular complexity index is 1290. The Morgan fingerprint density at radius 2 is 1.80 bits per heavy atom. The number of furan rings is 1. The molecule has 4 rings (SSSR count). The van der Waals surface area contributed by atoms with Crippen LogP contribution in [0.25, 0.3) is 0 Å². The zero-order chi connectivity index (χ0) is 28.5. The minimum absolute atomic E-state index is 0.146. The van der Waals surface area contributed by atoms with Crippen molar-refractivity contribution in [2.45, 2.75) is 26.4 Å². The summed E-state index contributed by atoms with van der Waals surface area (Å²) in [5, 5.41) is 11.5. The predicted octanol–water partition coefficient (Wildman–Crippen LogP) is 4.03. The average molecular weight is 553 g/mol. The third kappa shape index (κ3) is 7.96. The van der Waals surface area contributed by atoms with Crippen LogP contribution in [-0.2, 0) is 22.6 Å². The fourth-order valence-electron chi connectivity index (χ4n) is 4.58. The second-order valence-corrected chi connectivity index (χ2v) is 9.75. The summed E-state index contributed by atoms with van der Waals surface area (Å²) < 4.78 is 24.3. The summed E-state index contributed by atoms with van der Waals surface area (Å²) in [6, 6.07) is 13.7. The van der Waals surface area contributed by atoms with Crippen LogP contribution in [-0.4, -0.2) is 77.4 Å². The highest BCUT2D eigenvalue weighted by atomic mass is 19.1. The van der Waals surface area contributed by atoms with E-state index in [1.54, 1.807) is 42.2 Å². The fourth-order valence-corrected chi connectivity index (χ4v) is 4.58. The van der Waals surface area contributed by atoms with Gasteiger partial charge in [-0.2, -0.15) is 0 Å². The van der Waals surface area contributed by atoms with Gasteiger partial charge in [0.05, 0.1) is 30.9 Å². The van der Waals surface area contributed by atoms with Crippen molar-refractivity contribution in [1.29, 1.82) is 0 Å². The second-order valence-electron chi connectivity index (χ2n) is 9.75. The Labute approximate surface area is 232 Å². The molecule has 2 amide bonds. The third-order valence-corrected chi connectivity index (χ3v) is 6.84. The van der Waals surface area contributed by atoms with Crippen LogP contribution in [0.5, 0.6) is 0 Å². The maximum absolute atomic E-state index is 13.7. The quantitative estimate of drug-likeness (QED) is 0.247. The predicted molar refractivity (Wildman–Crippen MR) is 145 cm³/mol. The third-order valence-electron chi connectivity index (χ3n) is 6.84. The number of rotatable bonds is 12. The number of hydrogen-bond acceptors (Lipinski definition) is 7. The lowest BCUT2D eigenvalue weighted by molar-refractivity contribution is -0.385. The van der Waals surface area contributed by atoms with Crippen LogP contribution in [0.4, 0.5) is 10.1 Å². The van der Waals surface area contributed by atoms with Crippen molar-refractivity contribution < 1.29 is 28.1 Å². The van der Waals surface area contributed by atoms with E-state index >= 15 is 0 Å². The number of morpholine rings is 1. The van der Waals surface area contributed by atoms with Crippen molar-refractivity contribution in [3.63, 3.8) is 0 Å². The largest absolute Gasteiger partial charge is 0.467 e. The number of benzene rings is 2. The van der Waals surface area contributed by atoms with Gasteiger partial charge in [-0.25, -0.2) is 4.39 Å². The van der Waals surface area contributed by atoms with Gasteiger partial charge in [-0.3, -0.25) is 24.6 Å². The summed E-state index contributed by atoms with van der Waals surface area (Å²) in [6.07, 6.45) is 2.13. The van der Waals surface area contributed by atoms with Crippen LogP contribution in [0.2, 0.25) is 0 Å². The first kappa shape index (κ1) is 28.9. The molecule has 3 aromatic rings. The van der Waals surface area contributed by atoms with Gasteiger partial charge in [0, 0.05) is 49.9 Å². The standard InChI is InChI=1S/C29H33FN4O6/c1-22-5-8-24(18-27(22)34(37)38)29(36)32(12-3-11-31-13-16-39-17-14-31)21-28(35)33(20-26-4-2-15-40-26)19-23-6-9-25(30)10-7-23/h2,4-10,15,18H,3,11-14,16-17,19-21H2,1H3. The van der Waals surface area contributed by atoms with Gasteiger partial charge in [0.25, 0.3) is 11.6 Å². The Morgan fingerprint density at radius 3 is 2.48 bits per heavy atom. The van der Waals surface area contributed by atoms with E-state index in [2.05, 4.69) is 4.90 Å². The lowest BCUT2D eigenvalue weighted by Crippen LogP contribution is -2.44. The van der Waals surface area contributed by atoms with Crippen LogP contribution in [0, 0.1) is 22.9 Å². The number of ether oxygens (including phenoxy) is 1. The van der Waals surface area contributed by atoms with Gasteiger partial charge >= 0.3 is 0 Å². The molecule has 2 aromatic carbocycles. The molecule has 11 heteroatoms. The number of nitrogens with zero attached hydrogens (tertiary/aromatic N) is 4. The van der Waals surface area contributed by atoms with Crippen molar-refractivity contribution in [1.82, 2.24) is 14.7 Å². The molecule has 212 valence electrons. The first-order valence-electron chi connectivity index (χ1n) is 13.2. The van der Waals surface area contributed by atoms with Crippen molar-refractivity contribution in [2.75, 3.05) is 45.9 Å². The van der Waals surface area contributed by atoms with Gasteiger partial charge in [0.1, 0.15) is 18.1 Å². The van der Waals surface area contributed by atoms with Crippen LogP contribution in [0.1, 0.15) is 33.7 Å². The molecule has 40 heavy (non-hydrogen) atoms. The summed E-state index contributed by atoms with van der Waals surface area (Å²) in [5.74, 6) is -0.605. The van der Waals surface area contributed by atoms with Crippen molar-refractivity contribution >= 4 is 17.5 Å². The molecule has 1 fully saturated rings. The summed E-state index contributed by atoms with van der Waals surface area (Å²) >= 11 is 0. The van der Waals surface area contributed by atoms with Crippen LogP contribution in [0.3, 0.4) is 0 Å². The molecule has 0 bridgehead atoms. The Kier molecular flexibility index (Phi) is 9.98. The topological polar surface area (TPSA) is 109 Å². The Hall–Kier alpha value is -4.09. The maximum atomic E-state index is 13.7. The number of nitro groups is 1. The molecule has 1 aliphatic rings. The fraction of sp³-hybridized carbons (Fsp3) is 0.379. The van der Waals surface area contributed by atoms with Crippen LogP contribution < -0.4 is 0 Å². The first-order valence-corrected chi connectivity index (χ1v) is 13.2. The molecule has 0 atom stereocenters. The Morgan fingerprint density at radius 1 is 1.05 bits per heavy atom. The SMILES string of the molecule is Cc1ccc(C(=O)N(CCCN2CCOCC2)CC(=O)N(Cc2ccc(F)cc2)Cc2ccco2)cc1[N+](=O)[O-]. The molecular formula is C29H33FN4O6. The number of halogens is 1.